The van der Waals surface area contributed by atoms with Gasteiger partial charge in [-0.3, -0.25) is 14.7 Å². The van der Waals surface area contributed by atoms with Gasteiger partial charge >= 0.3 is 13.8 Å². The van der Waals surface area contributed by atoms with Gasteiger partial charge in [0.05, 0.1) is 29.4 Å². The molecule has 13 heteroatoms. The predicted molar refractivity (Wildman–Crippen MR) is 81.7 cm³/mol. The maximum Gasteiger partial charge on any atom is 0.418 e. The van der Waals surface area contributed by atoms with Gasteiger partial charge in [0.15, 0.2) is 0 Å². The molecule has 1 saturated heterocycles. The molecule has 1 aliphatic heterocycles. The zero-order valence-corrected chi connectivity index (χ0v) is 13.6. The summed E-state index contributed by atoms with van der Waals surface area (Å²) in [7, 11) is -4.56. The molecule has 3 N–H and O–H groups in total. The van der Waals surface area contributed by atoms with E-state index in [9.17, 15) is 27.9 Å². The van der Waals surface area contributed by atoms with E-state index in [1.807, 2.05) is 0 Å². The van der Waals surface area contributed by atoms with E-state index in [1.165, 1.54) is 4.90 Å². The van der Waals surface area contributed by atoms with E-state index >= 15 is 0 Å². The van der Waals surface area contributed by atoms with Gasteiger partial charge in [-0.15, -0.1) is 0 Å². The van der Waals surface area contributed by atoms with Crippen molar-refractivity contribution < 1.29 is 37.2 Å². The minimum Gasteiger partial charge on any atom is -0.378 e. The number of rotatable bonds is 5. The third-order valence-electron chi connectivity index (χ3n) is 3.44. The molecule has 0 saturated carbocycles. The van der Waals surface area contributed by atoms with E-state index < -0.39 is 41.9 Å². The Hall–Kier alpha value is -1.88. The average Bonchev–Trinajstić information content (AvgIpc) is 2.51. The number of benzene rings is 1. The molecule has 0 spiro atoms. The summed E-state index contributed by atoms with van der Waals surface area (Å²) in [5, 5.41) is 13.2. The molecular weight excluding hydrogens is 370 g/mol. The molecule has 0 bridgehead atoms. The summed E-state index contributed by atoms with van der Waals surface area (Å²) < 4.78 is 56.0. The van der Waals surface area contributed by atoms with Gasteiger partial charge in [0.1, 0.15) is 12.0 Å². The molecule has 2 rings (SSSR count). The predicted octanol–water partition coefficient (Wildman–Crippen LogP) is 2.00. The molecule has 9 nitrogen and oxygen atoms in total. The lowest BCUT2D eigenvalue weighted by molar-refractivity contribution is -0.384. The second kappa shape index (κ2) is 7.16. The smallest absolute Gasteiger partial charge is 0.378 e. The molecule has 140 valence electrons. The standard InChI is InChI=1S/C12H15F3N3O6P/c13-12(14,15)8-5-11(18(19)20)9(16-7-25(21,22)23)6-10(8)17-1-3-24-4-2-17/h5-6,16H,1-4,7H2,(H2,21,22,23). The molecule has 0 aliphatic carbocycles. The number of hydrogen-bond donors (Lipinski definition) is 3. The van der Waals surface area contributed by atoms with Crippen molar-refractivity contribution in [2.24, 2.45) is 0 Å². The summed E-state index contributed by atoms with van der Waals surface area (Å²) in [5.41, 5.74) is -2.82. The van der Waals surface area contributed by atoms with Crippen molar-refractivity contribution in [2.75, 3.05) is 42.8 Å². The highest BCUT2D eigenvalue weighted by Crippen LogP contribution is 2.43. The summed E-state index contributed by atoms with van der Waals surface area (Å²) >= 11 is 0. The average molecular weight is 385 g/mol. The van der Waals surface area contributed by atoms with Crippen LogP contribution in [0.3, 0.4) is 0 Å². The first-order valence-corrected chi connectivity index (χ1v) is 8.79. The summed E-state index contributed by atoms with van der Waals surface area (Å²) in [6, 6.07) is 1.26. The lowest BCUT2D eigenvalue weighted by Crippen LogP contribution is -2.37. The minimum absolute atomic E-state index is 0.152. The molecule has 0 atom stereocenters. The number of hydrogen-bond acceptors (Lipinski definition) is 6. The van der Waals surface area contributed by atoms with Gasteiger partial charge in [0.25, 0.3) is 5.69 Å². The Morgan fingerprint density at radius 2 is 1.92 bits per heavy atom. The maximum atomic E-state index is 13.3. The number of ether oxygens (including phenoxy) is 1. The Morgan fingerprint density at radius 1 is 1.32 bits per heavy atom. The van der Waals surface area contributed by atoms with Crippen LogP contribution >= 0.6 is 7.60 Å². The van der Waals surface area contributed by atoms with Gasteiger partial charge in [0, 0.05) is 19.2 Å². The van der Waals surface area contributed by atoms with Gasteiger partial charge in [-0.1, -0.05) is 0 Å². The number of nitro benzene ring substituents is 1. The second-order valence-corrected chi connectivity index (χ2v) is 6.89. The highest BCUT2D eigenvalue weighted by atomic mass is 31.2. The molecule has 0 radical (unpaired) electrons. The minimum atomic E-state index is -4.83. The van der Waals surface area contributed by atoms with Crippen molar-refractivity contribution in [2.45, 2.75) is 6.18 Å². The SMILES string of the molecule is O=[N+]([O-])c1cc(C(F)(F)F)c(N2CCOCC2)cc1NCP(=O)(O)O. The molecular formula is C12H15F3N3O6P. The third-order valence-corrected chi connectivity index (χ3v) is 4.01. The molecule has 1 aromatic carbocycles. The fraction of sp³-hybridized carbons (Fsp3) is 0.500. The summed E-state index contributed by atoms with van der Waals surface area (Å²) in [6.07, 6.45) is -5.78. The van der Waals surface area contributed by atoms with E-state index in [0.29, 0.717) is 6.07 Å². The molecule has 1 aromatic rings. The van der Waals surface area contributed by atoms with Crippen molar-refractivity contribution in [1.29, 1.82) is 0 Å². The fourth-order valence-electron chi connectivity index (χ4n) is 2.35. The monoisotopic (exact) mass is 385 g/mol. The number of anilines is 2. The third kappa shape index (κ3) is 5.05. The Bertz CT molecular complexity index is 702. The summed E-state index contributed by atoms with van der Waals surface area (Å²) in [5.74, 6) is 0. The molecule has 0 unspecified atom stereocenters. The number of alkyl halides is 3. The first-order valence-electron chi connectivity index (χ1n) is 7.00. The number of nitrogens with one attached hydrogen (secondary N) is 1. The maximum absolute atomic E-state index is 13.3. The highest BCUT2D eigenvalue weighted by Gasteiger charge is 2.38. The Balaban J connectivity index is 2.54. The molecule has 1 fully saturated rings. The zero-order valence-electron chi connectivity index (χ0n) is 12.7. The van der Waals surface area contributed by atoms with Gasteiger partial charge in [-0.2, -0.15) is 13.2 Å². The lowest BCUT2D eigenvalue weighted by Gasteiger charge is -2.31. The van der Waals surface area contributed by atoms with E-state index in [0.717, 1.165) is 6.07 Å². The van der Waals surface area contributed by atoms with Crippen LogP contribution in [0.25, 0.3) is 0 Å². The summed E-state index contributed by atoms with van der Waals surface area (Å²) in [4.78, 5) is 29.2. The number of nitrogens with zero attached hydrogens (tertiary/aromatic N) is 2. The van der Waals surface area contributed by atoms with Crippen LogP contribution in [0.1, 0.15) is 5.56 Å². The topological polar surface area (TPSA) is 125 Å². The molecule has 0 amide bonds. The van der Waals surface area contributed by atoms with E-state index in [4.69, 9.17) is 14.5 Å². The van der Waals surface area contributed by atoms with Gasteiger partial charge in [-0.05, 0) is 6.07 Å². The summed E-state index contributed by atoms with van der Waals surface area (Å²) in [6.45, 7) is 0.691. The Kier molecular flexibility index (Phi) is 5.57. The van der Waals surface area contributed by atoms with Crippen LogP contribution in [0.4, 0.5) is 30.2 Å². The van der Waals surface area contributed by atoms with Crippen LogP contribution in [0.2, 0.25) is 0 Å². The van der Waals surface area contributed by atoms with Gasteiger partial charge in [-0.25, -0.2) is 0 Å². The van der Waals surface area contributed by atoms with Crippen LogP contribution in [0.15, 0.2) is 12.1 Å². The largest absolute Gasteiger partial charge is 0.418 e. The first-order chi connectivity index (χ1) is 11.5. The quantitative estimate of drug-likeness (QED) is 0.399. The number of halogens is 3. The normalized spacial score (nSPS) is 16.0. The van der Waals surface area contributed by atoms with Crippen LogP contribution in [-0.4, -0.2) is 47.3 Å². The van der Waals surface area contributed by atoms with E-state index in [-0.39, 0.29) is 32.0 Å². The van der Waals surface area contributed by atoms with Crippen molar-refractivity contribution in [3.8, 4) is 0 Å². The zero-order chi connectivity index (χ0) is 18.8. The Labute approximate surface area is 139 Å². The lowest BCUT2D eigenvalue weighted by atomic mass is 10.1. The highest BCUT2D eigenvalue weighted by molar-refractivity contribution is 7.51. The van der Waals surface area contributed by atoms with Crippen molar-refractivity contribution >= 4 is 24.7 Å². The molecule has 0 aromatic heterocycles. The Morgan fingerprint density at radius 3 is 2.40 bits per heavy atom. The number of nitro groups is 1. The van der Waals surface area contributed by atoms with Crippen LogP contribution in [0.5, 0.6) is 0 Å². The van der Waals surface area contributed by atoms with Crippen LogP contribution < -0.4 is 10.2 Å². The van der Waals surface area contributed by atoms with Gasteiger partial charge < -0.3 is 24.7 Å². The first kappa shape index (κ1) is 19.4. The number of morpholine rings is 1. The van der Waals surface area contributed by atoms with Crippen molar-refractivity contribution in [3.63, 3.8) is 0 Å². The van der Waals surface area contributed by atoms with E-state index in [1.54, 1.807) is 0 Å². The molecule has 25 heavy (non-hydrogen) atoms. The molecule has 1 aliphatic rings. The van der Waals surface area contributed by atoms with E-state index in [2.05, 4.69) is 5.32 Å². The van der Waals surface area contributed by atoms with Crippen molar-refractivity contribution in [3.05, 3.63) is 27.8 Å². The van der Waals surface area contributed by atoms with Gasteiger partial charge in [0.2, 0.25) is 0 Å². The van der Waals surface area contributed by atoms with Crippen LogP contribution in [-0.2, 0) is 15.5 Å². The second-order valence-electron chi connectivity index (χ2n) is 5.24. The van der Waals surface area contributed by atoms with Crippen LogP contribution in [0, 0.1) is 10.1 Å². The fourth-order valence-corrected chi connectivity index (χ4v) is 2.73. The van der Waals surface area contributed by atoms with Crippen molar-refractivity contribution in [1.82, 2.24) is 0 Å². The molecule has 1 heterocycles.